The summed E-state index contributed by atoms with van der Waals surface area (Å²) in [6.07, 6.45) is 0.425. The molecule has 3 fully saturated rings. The molecular weight excluding hydrogens is 610 g/mol. The first-order valence-electron chi connectivity index (χ1n) is 16.1. The number of likely N-dealkylation sites (N-methyl/N-ethyl adjacent to an activating group) is 1. The molecule has 0 aromatic heterocycles. The van der Waals surface area contributed by atoms with E-state index < -0.39 is 72.9 Å². The first-order valence-corrected chi connectivity index (χ1v) is 16.1. The lowest BCUT2D eigenvalue weighted by Gasteiger charge is -2.30. The molecule has 0 saturated carbocycles. The molecule has 4 rings (SSSR count). The molecule has 0 radical (unpaired) electrons. The Morgan fingerprint density at radius 3 is 2.30 bits per heavy atom. The number of hydrogen-bond acceptors (Lipinski definition) is 9. The molecule has 3 aliphatic rings. The molecular formula is C32H47N7O8. The minimum Gasteiger partial charge on any atom is -0.394 e. The highest BCUT2D eigenvalue weighted by Crippen LogP contribution is 2.22. The highest BCUT2D eigenvalue weighted by Gasteiger charge is 2.44. The van der Waals surface area contributed by atoms with Crippen LogP contribution in [0.2, 0.25) is 0 Å². The van der Waals surface area contributed by atoms with Crippen LogP contribution in [0.1, 0.15) is 32.3 Å². The van der Waals surface area contributed by atoms with Crippen LogP contribution < -0.4 is 21.3 Å². The number of morpholine rings is 1. The van der Waals surface area contributed by atoms with Crippen molar-refractivity contribution in [2.75, 3.05) is 59.6 Å². The summed E-state index contributed by atoms with van der Waals surface area (Å²) < 4.78 is 5.35. The monoisotopic (exact) mass is 657 g/mol. The van der Waals surface area contributed by atoms with Gasteiger partial charge in [-0.05, 0) is 24.3 Å². The standard InChI is InChI=1S/C32H47N7O8/c1-20(2)13-23-29(43)35-24(14-21-7-5-4-6-8-21)32(46)39-16-22(33-28(42)18-38-9-11-47-12-10-38)15-26(39)30(44)36-25(19-40)31(45)37(3)17-27(41)34-23/h4-8,20,22-26,40H,9-19H2,1-3H3,(H,33,42)(H,34,41)(H,35,43)(H,36,44)/t22-,23-,24-,25-,26-/m0/s1. The molecule has 47 heavy (non-hydrogen) atoms. The van der Waals surface area contributed by atoms with Gasteiger partial charge in [-0.15, -0.1) is 0 Å². The molecule has 15 nitrogen and oxygen atoms in total. The molecule has 15 heteroatoms. The van der Waals surface area contributed by atoms with Crippen molar-refractivity contribution in [3.05, 3.63) is 35.9 Å². The van der Waals surface area contributed by atoms with Crippen LogP contribution in [0, 0.1) is 5.92 Å². The SMILES string of the molecule is CC(C)C[C@@H]1NC(=O)CN(C)C(=O)[C@H](CO)NC(=O)[C@@H]2C[C@H](NC(=O)CN3CCOCC3)CN2C(=O)[C@H](Cc2ccccc2)NC1=O. The van der Waals surface area contributed by atoms with Gasteiger partial charge in [0.1, 0.15) is 24.2 Å². The Bertz CT molecular complexity index is 1290. The van der Waals surface area contributed by atoms with Gasteiger partial charge < -0.3 is 40.9 Å². The smallest absolute Gasteiger partial charge is 0.247 e. The minimum absolute atomic E-state index is 0.00107. The summed E-state index contributed by atoms with van der Waals surface area (Å²) >= 11 is 0. The zero-order valence-electron chi connectivity index (χ0n) is 27.3. The van der Waals surface area contributed by atoms with Gasteiger partial charge in [-0.25, -0.2) is 0 Å². The molecule has 3 saturated heterocycles. The number of nitrogens with one attached hydrogen (secondary N) is 4. The van der Waals surface area contributed by atoms with Crippen LogP contribution in [0.4, 0.5) is 0 Å². The summed E-state index contributed by atoms with van der Waals surface area (Å²) in [5.74, 6) is -3.42. The highest BCUT2D eigenvalue weighted by molar-refractivity contribution is 5.97. The predicted octanol–water partition coefficient (Wildman–Crippen LogP) is -2.39. The molecule has 1 aromatic rings. The van der Waals surface area contributed by atoms with Crippen molar-refractivity contribution in [2.45, 2.75) is 63.3 Å². The van der Waals surface area contributed by atoms with Crippen molar-refractivity contribution in [3.8, 4) is 0 Å². The first kappa shape index (κ1) is 35.8. The Balaban J connectivity index is 1.66. The van der Waals surface area contributed by atoms with Crippen LogP contribution in [-0.2, 0) is 39.9 Å². The van der Waals surface area contributed by atoms with Crippen LogP contribution >= 0.6 is 0 Å². The van der Waals surface area contributed by atoms with E-state index >= 15 is 0 Å². The summed E-state index contributed by atoms with van der Waals surface area (Å²) in [7, 11) is 1.35. The van der Waals surface area contributed by atoms with E-state index in [1.807, 2.05) is 49.1 Å². The molecule has 258 valence electrons. The van der Waals surface area contributed by atoms with Gasteiger partial charge in [-0.2, -0.15) is 0 Å². The number of carbonyl (C=O) groups is 6. The van der Waals surface area contributed by atoms with Gasteiger partial charge in [-0.3, -0.25) is 33.7 Å². The zero-order chi connectivity index (χ0) is 34.1. The van der Waals surface area contributed by atoms with Crippen LogP contribution in [-0.4, -0.2) is 145 Å². The summed E-state index contributed by atoms with van der Waals surface area (Å²) in [5.41, 5.74) is 0.761. The van der Waals surface area contributed by atoms with Crippen LogP contribution in [0.25, 0.3) is 0 Å². The fourth-order valence-corrected chi connectivity index (χ4v) is 6.15. The Hall–Kier alpha value is -4.08. The van der Waals surface area contributed by atoms with E-state index in [1.54, 1.807) is 0 Å². The van der Waals surface area contributed by atoms with E-state index in [0.29, 0.717) is 26.3 Å². The Kier molecular flexibility index (Phi) is 12.7. The number of aliphatic hydroxyl groups is 1. The second-order valence-electron chi connectivity index (χ2n) is 12.8. The number of aliphatic hydroxyl groups excluding tert-OH is 1. The molecule has 0 aliphatic carbocycles. The van der Waals surface area contributed by atoms with E-state index in [1.165, 1.54) is 11.9 Å². The van der Waals surface area contributed by atoms with Gasteiger partial charge in [-0.1, -0.05) is 44.2 Å². The molecule has 3 aliphatic heterocycles. The van der Waals surface area contributed by atoms with Gasteiger partial charge in [0.25, 0.3) is 0 Å². The normalized spacial score (nSPS) is 27.0. The summed E-state index contributed by atoms with van der Waals surface area (Å²) in [6, 6.07) is 3.88. The van der Waals surface area contributed by atoms with Gasteiger partial charge >= 0.3 is 0 Å². The molecule has 3 heterocycles. The fourth-order valence-electron chi connectivity index (χ4n) is 6.15. The lowest BCUT2D eigenvalue weighted by atomic mass is 10.0. The summed E-state index contributed by atoms with van der Waals surface area (Å²) in [4.78, 5) is 85.3. The largest absolute Gasteiger partial charge is 0.394 e. The van der Waals surface area contributed by atoms with Gasteiger partial charge in [0, 0.05) is 39.1 Å². The van der Waals surface area contributed by atoms with E-state index in [-0.39, 0.29) is 44.2 Å². The third-order valence-corrected chi connectivity index (χ3v) is 8.53. The molecule has 0 unspecified atom stereocenters. The molecule has 6 amide bonds. The lowest BCUT2D eigenvalue weighted by molar-refractivity contribution is -0.143. The third kappa shape index (κ3) is 9.95. The first-order chi connectivity index (χ1) is 22.4. The van der Waals surface area contributed by atoms with E-state index in [0.717, 1.165) is 10.5 Å². The van der Waals surface area contributed by atoms with Crippen molar-refractivity contribution in [2.24, 2.45) is 5.92 Å². The second-order valence-corrected chi connectivity index (χ2v) is 12.8. The summed E-state index contributed by atoms with van der Waals surface area (Å²) in [5, 5.41) is 21.1. The number of benzene rings is 1. The number of carbonyl (C=O) groups excluding carboxylic acids is 6. The third-order valence-electron chi connectivity index (χ3n) is 8.53. The van der Waals surface area contributed by atoms with Crippen molar-refractivity contribution in [3.63, 3.8) is 0 Å². The maximum Gasteiger partial charge on any atom is 0.247 e. The quantitative estimate of drug-likeness (QED) is 0.203. The minimum atomic E-state index is -1.39. The molecule has 0 spiro atoms. The number of ether oxygens (including phenoxy) is 1. The van der Waals surface area contributed by atoms with Crippen molar-refractivity contribution < 1.29 is 38.6 Å². The van der Waals surface area contributed by atoms with Crippen molar-refractivity contribution >= 4 is 35.4 Å². The zero-order valence-corrected chi connectivity index (χ0v) is 27.3. The molecule has 0 bridgehead atoms. The van der Waals surface area contributed by atoms with Gasteiger partial charge in [0.05, 0.1) is 32.9 Å². The Morgan fingerprint density at radius 2 is 1.64 bits per heavy atom. The number of nitrogens with zero attached hydrogens (tertiary/aromatic N) is 3. The lowest BCUT2D eigenvalue weighted by Crippen LogP contribution is -2.58. The van der Waals surface area contributed by atoms with Crippen LogP contribution in [0.15, 0.2) is 30.3 Å². The topological polar surface area (TPSA) is 190 Å². The predicted molar refractivity (Wildman–Crippen MR) is 169 cm³/mol. The van der Waals surface area contributed by atoms with Crippen molar-refractivity contribution in [1.29, 1.82) is 0 Å². The summed E-state index contributed by atoms with van der Waals surface area (Å²) in [6.45, 7) is 5.00. The van der Waals surface area contributed by atoms with Crippen LogP contribution in [0.5, 0.6) is 0 Å². The maximum absolute atomic E-state index is 14.4. The van der Waals surface area contributed by atoms with Crippen LogP contribution in [0.3, 0.4) is 0 Å². The van der Waals surface area contributed by atoms with Gasteiger partial charge in [0.2, 0.25) is 35.4 Å². The average molecular weight is 658 g/mol. The fraction of sp³-hybridized carbons (Fsp3) is 0.625. The Morgan fingerprint density at radius 1 is 0.957 bits per heavy atom. The highest BCUT2D eigenvalue weighted by atomic mass is 16.5. The average Bonchev–Trinajstić information content (AvgIpc) is 3.46. The van der Waals surface area contributed by atoms with Gasteiger partial charge in [0.15, 0.2) is 0 Å². The molecule has 5 N–H and O–H groups in total. The second kappa shape index (κ2) is 16.7. The van der Waals surface area contributed by atoms with E-state index in [9.17, 15) is 33.9 Å². The maximum atomic E-state index is 14.4. The molecule has 5 atom stereocenters. The number of hydrogen-bond donors (Lipinski definition) is 5. The Labute approximate surface area is 274 Å². The molecule has 1 aromatic carbocycles. The van der Waals surface area contributed by atoms with E-state index in [4.69, 9.17) is 4.74 Å². The number of rotatable bonds is 8. The number of fused-ring (bicyclic) bond motifs is 1. The van der Waals surface area contributed by atoms with E-state index in [2.05, 4.69) is 21.3 Å². The van der Waals surface area contributed by atoms with Crippen molar-refractivity contribution in [1.82, 2.24) is 36.0 Å². The number of amides is 6.